The molecule has 0 atom stereocenters. The molecule has 0 aliphatic heterocycles. The Bertz CT molecular complexity index is 1870. The number of para-hydroxylation sites is 1. The van der Waals surface area contributed by atoms with E-state index in [2.05, 4.69) is 25.6 Å². The normalized spacial score (nSPS) is 10.9. The van der Waals surface area contributed by atoms with Gasteiger partial charge in [0.1, 0.15) is 0 Å². The number of carbonyl (C=O) groups excluding carboxylic acids is 2. The quantitative estimate of drug-likeness (QED) is 0.226. The maximum atomic E-state index is 14.0. The van der Waals surface area contributed by atoms with Gasteiger partial charge in [-0.1, -0.05) is 72.8 Å². The fourth-order valence-electron chi connectivity index (χ4n) is 4.82. The Morgan fingerprint density at radius 3 is 2.40 bits per heavy atom. The molecule has 2 heterocycles. The molecule has 0 fully saturated rings. The summed E-state index contributed by atoms with van der Waals surface area (Å²) in [7, 11) is 0. The highest BCUT2D eigenvalue weighted by atomic mass is 16.5. The molecular weight excluding hydrogens is 528 g/mol. The molecule has 0 bridgehead atoms. The lowest BCUT2D eigenvalue weighted by atomic mass is 9.98. The monoisotopic (exact) mass is 554 g/mol. The van der Waals surface area contributed by atoms with Gasteiger partial charge < -0.3 is 9.64 Å². The molecule has 1 amide bonds. The van der Waals surface area contributed by atoms with E-state index < -0.39 is 5.97 Å². The van der Waals surface area contributed by atoms with Crippen LogP contribution in [0.15, 0.2) is 109 Å². The third-order valence-electron chi connectivity index (χ3n) is 6.87. The summed E-state index contributed by atoms with van der Waals surface area (Å²) in [6.45, 7) is 2.29. The Labute approximate surface area is 241 Å². The second-order valence-electron chi connectivity index (χ2n) is 9.56. The molecule has 6 rings (SSSR count). The maximum Gasteiger partial charge on any atom is 0.338 e. The van der Waals surface area contributed by atoms with Crippen molar-refractivity contribution in [1.82, 2.24) is 25.6 Å². The number of hydrogen-bond acceptors (Lipinski definition) is 7. The van der Waals surface area contributed by atoms with Crippen molar-refractivity contribution >= 4 is 28.5 Å². The minimum absolute atomic E-state index is 0.235. The Hall–Kier alpha value is -5.70. The van der Waals surface area contributed by atoms with Gasteiger partial charge in [-0.3, -0.25) is 9.78 Å². The van der Waals surface area contributed by atoms with E-state index in [1.165, 1.54) is 0 Å². The standard InChI is InChI=1S/C33H26N6O3/c1-2-42-33(41)25-9-7-10-27(19-25)39(32(40)26-18-24-8-3-6-13-30(24)34-20-26)21-22-14-16-23(17-15-22)28-11-4-5-12-29(28)31-35-37-38-36-31/h3-20H,2,21H2,1H3,(H,35,36,37,38). The molecule has 2 aromatic heterocycles. The van der Waals surface area contributed by atoms with Crippen LogP contribution in [0.4, 0.5) is 5.69 Å². The van der Waals surface area contributed by atoms with Crippen molar-refractivity contribution < 1.29 is 14.3 Å². The molecule has 0 saturated carbocycles. The number of aromatic nitrogens is 5. The lowest BCUT2D eigenvalue weighted by Crippen LogP contribution is -2.30. The number of H-pyrrole nitrogens is 1. The first-order valence-corrected chi connectivity index (χ1v) is 13.5. The van der Waals surface area contributed by atoms with Gasteiger partial charge in [0.2, 0.25) is 5.82 Å². The van der Waals surface area contributed by atoms with Gasteiger partial charge in [-0.15, -0.1) is 10.2 Å². The summed E-state index contributed by atoms with van der Waals surface area (Å²) in [5.74, 6) is -0.165. The summed E-state index contributed by atoms with van der Waals surface area (Å²) in [6.07, 6.45) is 1.59. The average Bonchev–Trinajstić information content (AvgIpc) is 3.59. The molecule has 0 unspecified atom stereocenters. The van der Waals surface area contributed by atoms with E-state index in [1.807, 2.05) is 84.9 Å². The van der Waals surface area contributed by atoms with Gasteiger partial charge in [-0.05, 0) is 59.2 Å². The van der Waals surface area contributed by atoms with Crippen LogP contribution in [0.2, 0.25) is 0 Å². The van der Waals surface area contributed by atoms with Crippen LogP contribution in [0.25, 0.3) is 33.4 Å². The van der Waals surface area contributed by atoms with Crippen molar-refractivity contribution in [2.45, 2.75) is 13.5 Å². The van der Waals surface area contributed by atoms with Gasteiger partial charge in [0, 0.05) is 22.8 Å². The average molecular weight is 555 g/mol. The van der Waals surface area contributed by atoms with Crippen LogP contribution in [0.1, 0.15) is 33.2 Å². The van der Waals surface area contributed by atoms with E-state index in [1.54, 1.807) is 36.2 Å². The molecule has 0 spiro atoms. The number of pyridine rings is 1. The van der Waals surface area contributed by atoms with Gasteiger partial charge in [-0.2, -0.15) is 5.21 Å². The van der Waals surface area contributed by atoms with Gasteiger partial charge >= 0.3 is 5.97 Å². The minimum atomic E-state index is -0.441. The summed E-state index contributed by atoms with van der Waals surface area (Å²) >= 11 is 0. The van der Waals surface area contributed by atoms with Gasteiger partial charge in [0.05, 0.1) is 29.8 Å². The number of tetrazole rings is 1. The predicted molar refractivity (Wildman–Crippen MR) is 160 cm³/mol. The minimum Gasteiger partial charge on any atom is -0.462 e. The number of nitrogens with one attached hydrogen (secondary N) is 1. The topological polar surface area (TPSA) is 114 Å². The molecule has 9 nitrogen and oxygen atoms in total. The summed E-state index contributed by atoms with van der Waals surface area (Å²) in [6, 6.07) is 32.2. The highest BCUT2D eigenvalue weighted by molar-refractivity contribution is 6.08. The Kier molecular flexibility index (Phi) is 7.46. The number of anilines is 1. The molecule has 4 aromatic carbocycles. The summed E-state index contributed by atoms with van der Waals surface area (Å²) in [5, 5.41) is 15.3. The lowest BCUT2D eigenvalue weighted by Gasteiger charge is -2.24. The van der Waals surface area contributed by atoms with Crippen molar-refractivity contribution in [2.75, 3.05) is 11.5 Å². The van der Waals surface area contributed by atoms with Gasteiger partial charge in [0.25, 0.3) is 5.91 Å². The zero-order valence-corrected chi connectivity index (χ0v) is 22.8. The number of rotatable bonds is 8. The molecule has 42 heavy (non-hydrogen) atoms. The van der Waals surface area contributed by atoms with E-state index in [4.69, 9.17) is 4.74 Å². The first-order chi connectivity index (χ1) is 20.6. The van der Waals surface area contributed by atoms with Crippen LogP contribution in [0.5, 0.6) is 0 Å². The first kappa shape index (κ1) is 26.5. The predicted octanol–water partition coefficient (Wildman–Crippen LogP) is 6.11. The summed E-state index contributed by atoms with van der Waals surface area (Å²) < 4.78 is 5.20. The second-order valence-corrected chi connectivity index (χ2v) is 9.56. The van der Waals surface area contributed by atoms with E-state index >= 15 is 0 Å². The number of hydrogen-bond donors (Lipinski definition) is 1. The maximum absolute atomic E-state index is 14.0. The van der Waals surface area contributed by atoms with E-state index in [0.717, 1.165) is 33.2 Å². The van der Waals surface area contributed by atoms with Crippen LogP contribution in [-0.2, 0) is 11.3 Å². The fourth-order valence-corrected chi connectivity index (χ4v) is 4.82. The van der Waals surface area contributed by atoms with Crippen molar-refractivity contribution in [3.63, 3.8) is 0 Å². The number of carbonyl (C=O) groups is 2. The second kappa shape index (κ2) is 11.8. The zero-order chi connectivity index (χ0) is 28.9. The number of fused-ring (bicyclic) bond motifs is 1. The molecule has 0 saturated heterocycles. The molecule has 0 radical (unpaired) electrons. The fraction of sp³-hybridized carbons (Fsp3) is 0.0909. The summed E-state index contributed by atoms with van der Waals surface area (Å²) in [5.41, 5.74) is 5.89. The third kappa shape index (κ3) is 5.48. The molecule has 0 aliphatic carbocycles. The van der Waals surface area contributed by atoms with Crippen molar-refractivity contribution in [3.8, 4) is 22.5 Å². The lowest BCUT2D eigenvalue weighted by molar-refractivity contribution is 0.0526. The molecule has 0 aliphatic rings. The number of aromatic amines is 1. The SMILES string of the molecule is CCOC(=O)c1cccc(N(Cc2ccc(-c3ccccc3-c3nn[nH]n3)cc2)C(=O)c2cnc3ccccc3c2)c1. The van der Waals surface area contributed by atoms with Crippen molar-refractivity contribution in [3.05, 3.63) is 126 Å². The third-order valence-corrected chi connectivity index (χ3v) is 6.87. The number of ether oxygens (including phenoxy) is 1. The van der Waals surface area contributed by atoms with Crippen LogP contribution in [-0.4, -0.2) is 44.1 Å². The van der Waals surface area contributed by atoms with Crippen LogP contribution in [0, 0.1) is 0 Å². The highest BCUT2D eigenvalue weighted by Crippen LogP contribution is 2.30. The smallest absolute Gasteiger partial charge is 0.338 e. The molecular formula is C33H26N6O3. The van der Waals surface area contributed by atoms with Gasteiger partial charge in [-0.25, -0.2) is 4.79 Å². The Balaban J connectivity index is 1.35. The van der Waals surface area contributed by atoms with Crippen LogP contribution < -0.4 is 4.90 Å². The Morgan fingerprint density at radius 2 is 1.62 bits per heavy atom. The van der Waals surface area contributed by atoms with Crippen LogP contribution >= 0.6 is 0 Å². The molecule has 1 N–H and O–H groups in total. The number of nitrogens with zero attached hydrogens (tertiary/aromatic N) is 5. The van der Waals surface area contributed by atoms with Crippen molar-refractivity contribution in [2.24, 2.45) is 0 Å². The van der Waals surface area contributed by atoms with Gasteiger partial charge in [0.15, 0.2) is 0 Å². The van der Waals surface area contributed by atoms with E-state index in [0.29, 0.717) is 22.6 Å². The van der Waals surface area contributed by atoms with Crippen LogP contribution in [0.3, 0.4) is 0 Å². The largest absolute Gasteiger partial charge is 0.462 e. The molecule has 6 aromatic rings. The Morgan fingerprint density at radius 1 is 0.833 bits per heavy atom. The first-order valence-electron chi connectivity index (χ1n) is 13.5. The number of esters is 1. The molecule has 9 heteroatoms. The summed E-state index contributed by atoms with van der Waals surface area (Å²) in [4.78, 5) is 32.7. The number of benzene rings is 4. The zero-order valence-electron chi connectivity index (χ0n) is 22.8. The van der Waals surface area contributed by atoms with E-state index in [-0.39, 0.29) is 19.1 Å². The van der Waals surface area contributed by atoms with Crippen molar-refractivity contribution in [1.29, 1.82) is 0 Å². The van der Waals surface area contributed by atoms with E-state index in [9.17, 15) is 9.59 Å². The number of amides is 1. The highest BCUT2D eigenvalue weighted by Gasteiger charge is 2.21. The molecule has 206 valence electrons.